The number of carbonyl (C=O) groups is 1. The normalized spacial score (nSPS) is 27.7. The van der Waals surface area contributed by atoms with Gasteiger partial charge in [0.25, 0.3) is 0 Å². The molecule has 3 N–H and O–H groups in total. The van der Waals surface area contributed by atoms with E-state index in [9.17, 15) is 4.79 Å². The molecule has 3 nitrogen and oxygen atoms in total. The molecule has 1 fully saturated rings. The molecule has 1 aliphatic rings. The first-order valence-electron chi connectivity index (χ1n) is 5.77. The highest BCUT2D eigenvalue weighted by Crippen LogP contribution is 2.28. The van der Waals surface area contributed by atoms with Crippen LogP contribution in [-0.4, -0.2) is 29.5 Å². The second-order valence-electron chi connectivity index (χ2n) is 4.22. The van der Waals surface area contributed by atoms with E-state index in [4.69, 9.17) is 5.73 Å². The fourth-order valence-corrected chi connectivity index (χ4v) is 3.04. The van der Waals surface area contributed by atoms with E-state index in [0.29, 0.717) is 11.3 Å². The van der Waals surface area contributed by atoms with Gasteiger partial charge in [-0.1, -0.05) is 19.8 Å². The molecule has 3 atom stereocenters. The molecule has 0 radical (unpaired) electrons. The molecule has 1 aliphatic carbocycles. The Morgan fingerprint density at radius 3 is 2.93 bits per heavy atom. The van der Waals surface area contributed by atoms with Crippen molar-refractivity contribution < 1.29 is 4.79 Å². The van der Waals surface area contributed by atoms with Gasteiger partial charge in [-0.05, 0) is 25.5 Å². The lowest BCUT2D eigenvalue weighted by atomic mass is 10.1. The highest BCUT2D eigenvalue weighted by atomic mass is 32.2. The van der Waals surface area contributed by atoms with Crippen LogP contribution in [0.25, 0.3) is 0 Å². The molecule has 2 unspecified atom stereocenters. The van der Waals surface area contributed by atoms with Crippen LogP contribution in [0.5, 0.6) is 0 Å². The predicted octanol–water partition coefficient (Wildman–Crippen LogP) is 1.51. The number of amides is 1. The van der Waals surface area contributed by atoms with Crippen LogP contribution in [0.3, 0.4) is 0 Å². The summed E-state index contributed by atoms with van der Waals surface area (Å²) in [5.41, 5.74) is 5.77. The van der Waals surface area contributed by atoms with Gasteiger partial charge in [0.2, 0.25) is 5.91 Å². The van der Waals surface area contributed by atoms with E-state index in [2.05, 4.69) is 11.6 Å². The zero-order chi connectivity index (χ0) is 11.3. The third-order valence-corrected chi connectivity index (χ3v) is 4.19. The van der Waals surface area contributed by atoms with Crippen LogP contribution in [0.1, 0.15) is 39.0 Å². The van der Waals surface area contributed by atoms with Gasteiger partial charge in [0, 0.05) is 11.3 Å². The maximum absolute atomic E-state index is 11.7. The van der Waals surface area contributed by atoms with Crippen molar-refractivity contribution in [2.75, 3.05) is 6.26 Å². The van der Waals surface area contributed by atoms with Crippen LogP contribution in [0.4, 0.5) is 0 Å². The van der Waals surface area contributed by atoms with Gasteiger partial charge < -0.3 is 11.1 Å². The first kappa shape index (κ1) is 12.8. The zero-order valence-electron chi connectivity index (χ0n) is 9.66. The van der Waals surface area contributed by atoms with Gasteiger partial charge in [0.15, 0.2) is 0 Å². The van der Waals surface area contributed by atoms with Gasteiger partial charge in [0.05, 0.1) is 6.04 Å². The highest BCUT2D eigenvalue weighted by molar-refractivity contribution is 7.99. The van der Waals surface area contributed by atoms with Gasteiger partial charge in [-0.25, -0.2) is 0 Å². The fraction of sp³-hybridized carbons (Fsp3) is 0.909. The Balaban J connectivity index is 2.36. The van der Waals surface area contributed by atoms with Crippen LogP contribution in [0.2, 0.25) is 0 Å². The molecule has 15 heavy (non-hydrogen) atoms. The maximum Gasteiger partial charge on any atom is 0.237 e. The van der Waals surface area contributed by atoms with E-state index < -0.39 is 0 Å². The quantitative estimate of drug-likeness (QED) is 0.753. The number of thioether (sulfide) groups is 1. The zero-order valence-corrected chi connectivity index (χ0v) is 10.5. The summed E-state index contributed by atoms with van der Waals surface area (Å²) < 4.78 is 0. The van der Waals surface area contributed by atoms with Crippen molar-refractivity contribution in [3.05, 3.63) is 0 Å². The summed E-state index contributed by atoms with van der Waals surface area (Å²) in [6.07, 6.45) is 7.40. The van der Waals surface area contributed by atoms with E-state index in [1.807, 2.05) is 18.7 Å². The highest BCUT2D eigenvalue weighted by Gasteiger charge is 2.28. The molecule has 0 aromatic carbocycles. The summed E-state index contributed by atoms with van der Waals surface area (Å²) in [6.45, 7) is 2.05. The predicted molar refractivity (Wildman–Crippen MR) is 66.0 cm³/mol. The largest absolute Gasteiger partial charge is 0.351 e. The Hall–Kier alpha value is -0.220. The summed E-state index contributed by atoms with van der Waals surface area (Å²) >= 11 is 1.85. The number of nitrogens with two attached hydrogens (primary N) is 1. The number of nitrogens with one attached hydrogen (secondary N) is 1. The molecular weight excluding hydrogens is 208 g/mol. The van der Waals surface area contributed by atoms with E-state index in [-0.39, 0.29) is 11.9 Å². The van der Waals surface area contributed by atoms with Crippen molar-refractivity contribution in [1.29, 1.82) is 0 Å². The molecule has 88 valence electrons. The molecule has 1 rings (SSSR count). The van der Waals surface area contributed by atoms with Gasteiger partial charge in [-0.15, -0.1) is 0 Å². The van der Waals surface area contributed by atoms with E-state index in [1.54, 1.807) is 0 Å². The second kappa shape index (κ2) is 6.38. The monoisotopic (exact) mass is 230 g/mol. The van der Waals surface area contributed by atoms with Crippen molar-refractivity contribution in [3.8, 4) is 0 Å². The number of carbonyl (C=O) groups excluding carboxylic acids is 1. The molecule has 0 aromatic rings. The molecule has 0 bridgehead atoms. The third-order valence-electron chi connectivity index (χ3n) is 3.02. The molecule has 0 saturated heterocycles. The summed E-state index contributed by atoms with van der Waals surface area (Å²) in [7, 11) is 0. The minimum Gasteiger partial charge on any atom is -0.351 e. The maximum atomic E-state index is 11.7. The first-order valence-corrected chi connectivity index (χ1v) is 7.06. The number of hydrogen-bond donors (Lipinski definition) is 2. The number of hydrogen-bond acceptors (Lipinski definition) is 3. The Labute approximate surface area is 96.6 Å². The SMILES string of the molecule is CCC[C@H](N)C(=O)NC1CCCC1SC. The topological polar surface area (TPSA) is 55.1 Å². The minimum absolute atomic E-state index is 0.0304. The molecule has 0 aromatic heterocycles. The van der Waals surface area contributed by atoms with Crippen molar-refractivity contribution in [3.63, 3.8) is 0 Å². The van der Waals surface area contributed by atoms with Gasteiger partial charge >= 0.3 is 0 Å². The van der Waals surface area contributed by atoms with Crippen LogP contribution >= 0.6 is 11.8 Å². The lowest BCUT2D eigenvalue weighted by Crippen LogP contribution is -2.47. The smallest absolute Gasteiger partial charge is 0.237 e. The molecule has 1 saturated carbocycles. The molecule has 1 amide bonds. The Kier molecular flexibility index (Phi) is 5.47. The lowest BCUT2D eigenvalue weighted by molar-refractivity contribution is -0.123. The van der Waals surface area contributed by atoms with E-state index in [1.165, 1.54) is 12.8 Å². The summed E-state index contributed by atoms with van der Waals surface area (Å²) in [4.78, 5) is 11.7. The Morgan fingerprint density at radius 2 is 2.33 bits per heavy atom. The van der Waals surface area contributed by atoms with Gasteiger partial charge in [-0.2, -0.15) is 11.8 Å². The van der Waals surface area contributed by atoms with Crippen molar-refractivity contribution in [2.24, 2.45) is 5.73 Å². The van der Waals surface area contributed by atoms with E-state index >= 15 is 0 Å². The molecule has 0 heterocycles. The van der Waals surface area contributed by atoms with Crippen molar-refractivity contribution in [2.45, 2.75) is 56.4 Å². The van der Waals surface area contributed by atoms with Gasteiger partial charge in [-0.3, -0.25) is 4.79 Å². The molecule has 0 spiro atoms. The van der Waals surface area contributed by atoms with Crippen molar-refractivity contribution in [1.82, 2.24) is 5.32 Å². The van der Waals surface area contributed by atoms with Crippen LogP contribution in [0, 0.1) is 0 Å². The second-order valence-corrected chi connectivity index (χ2v) is 5.29. The Bertz CT molecular complexity index is 211. The summed E-state index contributed by atoms with van der Waals surface area (Å²) in [6, 6.07) is 0.0218. The molecule has 0 aliphatic heterocycles. The Morgan fingerprint density at radius 1 is 1.60 bits per heavy atom. The number of rotatable bonds is 5. The third kappa shape index (κ3) is 3.68. The molecule has 4 heteroatoms. The minimum atomic E-state index is -0.321. The average Bonchev–Trinajstić information content (AvgIpc) is 2.65. The molecular formula is C11H22N2OS. The first-order chi connectivity index (χ1) is 7.19. The van der Waals surface area contributed by atoms with Gasteiger partial charge in [0.1, 0.15) is 0 Å². The fourth-order valence-electron chi connectivity index (χ4n) is 2.11. The van der Waals surface area contributed by atoms with Crippen molar-refractivity contribution >= 4 is 17.7 Å². The van der Waals surface area contributed by atoms with Crippen LogP contribution < -0.4 is 11.1 Å². The van der Waals surface area contributed by atoms with E-state index in [0.717, 1.165) is 19.3 Å². The lowest BCUT2D eigenvalue weighted by Gasteiger charge is -2.21. The summed E-state index contributed by atoms with van der Waals surface area (Å²) in [5.74, 6) is 0.0304. The van der Waals surface area contributed by atoms with Crippen LogP contribution in [-0.2, 0) is 4.79 Å². The average molecular weight is 230 g/mol. The van der Waals surface area contributed by atoms with Crippen LogP contribution in [0.15, 0.2) is 0 Å². The summed E-state index contributed by atoms with van der Waals surface area (Å²) in [5, 5.41) is 3.67. The standard InChI is InChI=1S/C11H22N2OS/c1-3-5-8(12)11(14)13-9-6-4-7-10(9)15-2/h8-10H,3-7,12H2,1-2H3,(H,13,14)/t8-,9?,10?/m0/s1.